The van der Waals surface area contributed by atoms with Crippen LogP contribution in [0, 0.1) is 11.3 Å². The lowest BCUT2D eigenvalue weighted by Gasteiger charge is -2.47. The maximum absolute atomic E-state index is 9.48. The zero-order valence-electron chi connectivity index (χ0n) is 14.7. The van der Waals surface area contributed by atoms with Crippen molar-refractivity contribution < 1.29 is 14.6 Å². The van der Waals surface area contributed by atoms with Crippen LogP contribution in [0.25, 0.3) is 0 Å². The van der Waals surface area contributed by atoms with E-state index in [1.807, 2.05) is 18.2 Å². The Kier molecular flexibility index (Phi) is 5.54. The van der Waals surface area contributed by atoms with E-state index >= 15 is 0 Å². The van der Waals surface area contributed by atoms with Crippen LogP contribution in [0.5, 0.6) is 0 Å². The van der Waals surface area contributed by atoms with E-state index in [0.717, 1.165) is 30.4 Å². The molecule has 130 valence electrons. The lowest BCUT2D eigenvalue weighted by atomic mass is 9.60. The molecule has 0 spiro atoms. The van der Waals surface area contributed by atoms with Crippen molar-refractivity contribution in [3.8, 4) is 0 Å². The van der Waals surface area contributed by atoms with Crippen LogP contribution >= 0.6 is 0 Å². The summed E-state index contributed by atoms with van der Waals surface area (Å²) in [6.07, 6.45) is 7.48. The molecule has 1 saturated carbocycles. The Morgan fingerprint density at radius 1 is 1.17 bits per heavy atom. The number of aliphatic hydroxyl groups excluding tert-OH is 1. The fourth-order valence-corrected chi connectivity index (χ4v) is 3.99. The number of hydrogen-bond acceptors (Lipinski definition) is 3. The molecule has 3 heteroatoms. The first kappa shape index (κ1) is 17.4. The van der Waals surface area contributed by atoms with E-state index in [2.05, 4.69) is 38.1 Å². The van der Waals surface area contributed by atoms with Crippen molar-refractivity contribution in [1.29, 1.82) is 0 Å². The summed E-state index contributed by atoms with van der Waals surface area (Å²) in [6.45, 7) is 5.67. The van der Waals surface area contributed by atoms with Crippen LogP contribution < -0.4 is 0 Å². The van der Waals surface area contributed by atoms with E-state index in [-0.39, 0.29) is 18.1 Å². The molecule has 1 aromatic carbocycles. The molecule has 0 bridgehead atoms. The lowest BCUT2D eigenvalue weighted by Crippen LogP contribution is -2.41. The minimum Gasteiger partial charge on any atom is -0.392 e. The Hall–Kier alpha value is -1.42. The Bertz CT molecular complexity index is 605. The predicted molar refractivity (Wildman–Crippen MR) is 95.3 cm³/mol. The van der Waals surface area contributed by atoms with Gasteiger partial charge in [-0.1, -0.05) is 56.3 Å². The van der Waals surface area contributed by atoms with Crippen LogP contribution in [0.1, 0.15) is 38.7 Å². The molecule has 2 aliphatic carbocycles. The fourth-order valence-electron chi connectivity index (χ4n) is 3.99. The van der Waals surface area contributed by atoms with Crippen LogP contribution in [0.2, 0.25) is 0 Å². The summed E-state index contributed by atoms with van der Waals surface area (Å²) in [5, 5.41) is 9.48. The molecule has 2 aliphatic rings. The van der Waals surface area contributed by atoms with Gasteiger partial charge in [0.25, 0.3) is 0 Å². The standard InChI is InChI=1S/C21H28O3/c1-16-8-11-20(19-10-9-18(13-22)12-21(16,19)2)24-15-23-14-17-6-4-3-5-7-17/h3-7,9-10,16,20,22H,8,11-15H2,1-2H3/t16-,20+,21+/m1/s1. The van der Waals surface area contributed by atoms with Crippen LogP contribution in [0.15, 0.2) is 53.6 Å². The molecule has 3 atom stereocenters. The minimum absolute atomic E-state index is 0.0924. The third kappa shape index (κ3) is 3.64. The summed E-state index contributed by atoms with van der Waals surface area (Å²) >= 11 is 0. The quantitative estimate of drug-likeness (QED) is 0.627. The van der Waals surface area contributed by atoms with Crippen molar-refractivity contribution in [2.24, 2.45) is 11.3 Å². The van der Waals surface area contributed by atoms with Crippen molar-refractivity contribution >= 4 is 0 Å². The van der Waals surface area contributed by atoms with E-state index < -0.39 is 0 Å². The number of benzene rings is 1. The first-order valence-corrected chi connectivity index (χ1v) is 8.87. The summed E-state index contributed by atoms with van der Waals surface area (Å²) < 4.78 is 11.8. The first-order chi connectivity index (χ1) is 11.6. The van der Waals surface area contributed by atoms with Gasteiger partial charge in [0.1, 0.15) is 6.79 Å². The summed E-state index contributed by atoms with van der Waals surface area (Å²) in [7, 11) is 0. The Morgan fingerprint density at radius 3 is 2.71 bits per heavy atom. The Morgan fingerprint density at radius 2 is 1.96 bits per heavy atom. The smallest absolute Gasteiger partial charge is 0.147 e. The molecule has 0 aromatic heterocycles. The van der Waals surface area contributed by atoms with Gasteiger partial charge in [-0.2, -0.15) is 0 Å². The SMILES string of the molecule is C[C@@H]1CC[C@H](OCOCc2ccccc2)C2=CC=C(CO)C[C@]21C. The molecule has 0 radical (unpaired) electrons. The number of ether oxygens (including phenoxy) is 2. The molecule has 3 nitrogen and oxygen atoms in total. The van der Waals surface area contributed by atoms with Gasteiger partial charge in [-0.3, -0.25) is 0 Å². The number of hydrogen-bond donors (Lipinski definition) is 1. The largest absolute Gasteiger partial charge is 0.392 e. The molecule has 0 unspecified atom stereocenters. The summed E-state index contributed by atoms with van der Waals surface area (Å²) in [5.41, 5.74) is 3.74. The molecular formula is C21H28O3. The summed E-state index contributed by atoms with van der Waals surface area (Å²) in [4.78, 5) is 0. The van der Waals surface area contributed by atoms with Crippen molar-refractivity contribution in [2.45, 2.75) is 45.8 Å². The van der Waals surface area contributed by atoms with E-state index in [1.54, 1.807) is 0 Å². The maximum Gasteiger partial charge on any atom is 0.147 e. The van der Waals surface area contributed by atoms with E-state index in [4.69, 9.17) is 9.47 Å². The van der Waals surface area contributed by atoms with Gasteiger partial charge in [0.15, 0.2) is 0 Å². The average molecular weight is 328 g/mol. The van der Waals surface area contributed by atoms with Crippen molar-refractivity contribution in [2.75, 3.05) is 13.4 Å². The van der Waals surface area contributed by atoms with Gasteiger partial charge in [-0.25, -0.2) is 0 Å². The van der Waals surface area contributed by atoms with Crippen LogP contribution in [0.3, 0.4) is 0 Å². The second-order valence-electron chi connectivity index (χ2n) is 7.28. The average Bonchev–Trinajstić information content (AvgIpc) is 2.61. The number of fused-ring (bicyclic) bond motifs is 1. The van der Waals surface area contributed by atoms with Gasteiger partial charge in [0.2, 0.25) is 0 Å². The number of rotatable bonds is 6. The van der Waals surface area contributed by atoms with E-state index in [1.165, 1.54) is 5.57 Å². The molecular weight excluding hydrogens is 300 g/mol. The molecule has 0 heterocycles. The van der Waals surface area contributed by atoms with Gasteiger partial charge >= 0.3 is 0 Å². The third-order valence-electron chi connectivity index (χ3n) is 5.72. The van der Waals surface area contributed by atoms with Crippen molar-refractivity contribution in [3.05, 3.63) is 59.2 Å². The molecule has 0 amide bonds. The predicted octanol–water partition coefficient (Wildman–Crippen LogP) is 4.23. The van der Waals surface area contributed by atoms with Crippen LogP contribution in [-0.2, 0) is 16.1 Å². The second kappa shape index (κ2) is 7.64. The molecule has 24 heavy (non-hydrogen) atoms. The molecule has 1 fully saturated rings. The normalized spacial score (nSPS) is 29.6. The molecule has 0 saturated heterocycles. The summed E-state index contributed by atoms with van der Waals surface area (Å²) in [6, 6.07) is 10.2. The zero-order chi connectivity index (χ0) is 17.0. The van der Waals surface area contributed by atoms with Crippen LogP contribution in [0.4, 0.5) is 0 Å². The van der Waals surface area contributed by atoms with Crippen LogP contribution in [-0.4, -0.2) is 24.6 Å². The van der Waals surface area contributed by atoms with Gasteiger partial charge in [-0.15, -0.1) is 0 Å². The van der Waals surface area contributed by atoms with Gasteiger partial charge in [0.05, 0.1) is 19.3 Å². The van der Waals surface area contributed by atoms with Gasteiger partial charge in [0, 0.05) is 0 Å². The second-order valence-corrected chi connectivity index (χ2v) is 7.28. The minimum atomic E-state index is 0.0924. The molecule has 3 rings (SSSR count). The topological polar surface area (TPSA) is 38.7 Å². The highest BCUT2D eigenvalue weighted by Gasteiger charge is 2.44. The number of allylic oxidation sites excluding steroid dienone is 2. The highest BCUT2D eigenvalue weighted by Crippen LogP contribution is 2.51. The number of aliphatic hydroxyl groups is 1. The first-order valence-electron chi connectivity index (χ1n) is 8.87. The van der Waals surface area contributed by atoms with Crippen molar-refractivity contribution in [3.63, 3.8) is 0 Å². The van der Waals surface area contributed by atoms with Gasteiger partial charge in [-0.05, 0) is 47.3 Å². The van der Waals surface area contributed by atoms with Crippen molar-refractivity contribution in [1.82, 2.24) is 0 Å². The molecule has 1 N–H and O–H groups in total. The molecule has 1 aromatic rings. The van der Waals surface area contributed by atoms with E-state index in [9.17, 15) is 5.11 Å². The zero-order valence-corrected chi connectivity index (χ0v) is 14.7. The summed E-state index contributed by atoms with van der Waals surface area (Å²) in [5.74, 6) is 0.601. The van der Waals surface area contributed by atoms with Gasteiger partial charge < -0.3 is 14.6 Å². The Balaban J connectivity index is 1.59. The van der Waals surface area contributed by atoms with E-state index in [0.29, 0.717) is 19.3 Å². The lowest BCUT2D eigenvalue weighted by molar-refractivity contribution is -0.101. The highest BCUT2D eigenvalue weighted by atomic mass is 16.7. The highest BCUT2D eigenvalue weighted by molar-refractivity contribution is 5.35. The molecule has 0 aliphatic heterocycles. The fraction of sp³-hybridized carbons (Fsp3) is 0.524. The Labute approximate surface area is 145 Å². The maximum atomic E-state index is 9.48. The third-order valence-corrected chi connectivity index (χ3v) is 5.72. The monoisotopic (exact) mass is 328 g/mol.